The molecule has 3 heterocycles. The molecular formula is C11H13N3OS. The first-order valence-corrected chi connectivity index (χ1v) is 6.15. The molecule has 0 aliphatic carbocycles. The van der Waals surface area contributed by atoms with E-state index in [1.807, 2.05) is 16.8 Å². The van der Waals surface area contributed by atoms with E-state index in [1.165, 1.54) is 4.88 Å². The smallest absolute Gasteiger partial charge is 0.112 e. The van der Waals surface area contributed by atoms with E-state index in [1.54, 1.807) is 11.3 Å². The first kappa shape index (κ1) is 10.0. The van der Waals surface area contributed by atoms with E-state index in [2.05, 4.69) is 16.5 Å². The molecule has 0 bridgehead atoms. The Morgan fingerprint density at radius 3 is 3.31 bits per heavy atom. The quantitative estimate of drug-likeness (QED) is 0.861. The fraction of sp³-hybridized carbons (Fsp3) is 0.364. The van der Waals surface area contributed by atoms with Crippen LogP contribution in [0.25, 0.3) is 0 Å². The zero-order valence-electron chi connectivity index (χ0n) is 8.80. The van der Waals surface area contributed by atoms with Crippen molar-refractivity contribution in [2.24, 2.45) is 5.73 Å². The summed E-state index contributed by atoms with van der Waals surface area (Å²) in [5.74, 6) is 0. The van der Waals surface area contributed by atoms with Crippen molar-refractivity contribution in [1.29, 1.82) is 0 Å². The molecule has 84 valence electrons. The maximum Gasteiger partial charge on any atom is 0.112 e. The van der Waals surface area contributed by atoms with Crippen molar-refractivity contribution in [3.8, 4) is 0 Å². The van der Waals surface area contributed by atoms with Crippen LogP contribution in [0.1, 0.15) is 22.4 Å². The highest BCUT2D eigenvalue weighted by Gasteiger charge is 2.22. The second kappa shape index (κ2) is 4.01. The highest BCUT2D eigenvalue weighted by atomic mass is 32.1. The van der Waals surface area contributed by atoms with E-state index in [9.17, 15) is 0 Å². The number of nitrogens with two attached hydrogens (primary N) is 1. The zero-order valence-corrected chi connectivity index (χ0v) is 9.61. The summed E-state index contributed by atoms with van der Waals surface area (Å²) < 4.78 is 7.83. The average molecular weight is 235 g/mol. The van der Waals surface area contributed by atoms with Crippen LogP contribution in [0, 0.1) is 0 Å². The summed E-state index contributed by atoms with van der Waals surface area (Å²) in [5.41, 5.74) is 7.63. The third-order valence-corrected chi connectivity index (χ3v) is 3.72. The molecule has 0 saturated heterocycles. The summed E-state index contributed by atoms with van der Waals surface area (Å²) in [4.78, 5) is 1.26. The Kier molecular flexibility index (Phi) is 2.51. The second-order valence-corrected chi connectivity index (χ2v) is 4.81. The van der Waals surface area contributed by atoms with Gasteiger partial charge in [-0.3, -0.25) is 4.68 Å². The Balaban J connectivity index is 1.85. The molecule has 0 spiro atoms. The molecule has 1 aliphatic rings. The van der Waals surface area contributed by atoms with Crippen LogP contribution in [-0.4, -0.2) is 9.78 Å². The first-order valence-electron chi connectivity index (χ1n) is 5.27. The maximum absolute atomic E-state index is 5.82. The molecule has 0 unspecified atom stereocenters. The van der Waals surface area contributed by atoms with Gasteiger partial charge in [0.15, 0.2) is 0 Å². The maximum atomic E-state index is 5.82. The molecule has 1 atom stereocenters. The summed E-state index contributed by atoms with van der Waals surface area (Å²) in [6.07, 6.45) is 0.137. The van der Waals surface area contributed by atoms with Gasteiger partial charge in [0.2, 0.25) is 0 Å². The van der Waals surface area contributed by atoms with Crippen molar-refractivity contribution in [3.05, 3.63) is 39.8 Å². The van der Waals surface area contributed by atoms with E-state index >= 15 is 0 Å². The van der Waals surface area contributed by atoms with Gasteiger partial charge in [0.1, 0.15) is 6.10 Å². The minimum atomic E-state index is 0.137. The van der Waals surface area contributed by atoms with Crippen molar-refractivity contribution in [1.82, 2.24) is 9.78 Å². The lowest BCUT2D eigenvalue weighted by Crippen LogP contribution is -2.21. The van der Waals surface area contributed by atoms with E-state index < -0.39 is 0 Å². The van der Waals surface area contributed by atoms with Crippen LogP contribution >= 0.6 is 11.3 Å². The fourth-order valence-corrected chi connectivity index (χ4v) is 2.70. The van der Waals surface area contributed by atoms with Gasteiger partial charge in [-0.15, -0.1) is 11.3 Å². The minimum Gasteiger partial charge on any atom is -0.364 e. The van der Waals surface area contributed by atoms with Crippen LogP contribution in [0.4, 0.5) is 0 Å². The normalized spacial score (nSPS) is 19.7. The number of ether oxygens (including phenoxy) is 1. The summed E-state index contributed by atoms with van der Waals surface area (Å²) in [7, 11) is 0. The van der Waals surface area contributed by atoms with Gasteiger partial charge < -0.3 is 10.5 Å². The molecule has 0 fully saturated rings. The monoisotopic (exact) mass is 235 g/mol. The molecule has 5 heteroatoms. The third kappa shape index (κ3) is 1.67. The van der Waals surface area contributed by atoms with Gasteiger partial charge in [-0.05, 0) is 17.5 Å². The molecule has 0 amide bonds. The zero-order chi connectivity index (χ0) is 11.0. The first-order chi connectivity index (χ1) is 7.86. The number of fused-ring (bicyclic) bond motifs is 1. The lowest BCUT2D eigenvalue weighted by Gasteiger charge is -2.23. The van der Waals surface area contributed by atoms with Gasteiger partial charge in [0.25, 0.3) is 0 Å². The van der Waals surface area contributed by atoms with Crippen molar-refractivity contribution < 1.29 is 4.74 Å². The Hall–Kier alpha value is -1.17. The number of rotatable bonds is 2. The van der Waals surface area contributed by atoms with Gasteiger partial charge >= 0.3 is 0 Å². The van der Waals surface area contributed by atoms with Crippen LogP contribution in [0.5, 0.6) is 0 Å². The van der Waals surface area contributed by atoms with Crippen molar-refractivity contribution in [2.45, 2.75) is 25.8 Å². The Morgan fingerprint density at radius 1 is 1.62 bits per heavy atom. The molecule has 0 saturated carbocycles. The van der Waals surface area contributed by atoms with Gasteiger partial charge in [-0.1, -0.05) is 6.07 Å². The van der Waals surface area contributed by atoms with Gasteiger partial charge in [0.05, 0.1) is 24.5 Å². The molecule has 3 rings (SSSR count). The lowest BCUT2D eigenvalue weighted by molar-refractivity contribution is 0.000997. The second-order valence-electron chi connectivity index (χ2n) is 3.83. The van der Waals surface area contributed by atoms with Gasteiger partial charge in [0, 0.05) is 11.4 Å². The molecule has 1 aliphatic heterocycles. The SMILES string of the molecule is NCc1cc2n(n1)C[C@@H](c1cccs1)OC2. The Bertz CT molecular complexity index is 477. The molecule has 2 aromatic rings. The van der Waals surface area contributed by atoms with Crippen molar-refractivity contribution in [2.75, 3.05) is 0 Å². The summed E-state index contributed by atoms with van der Waals surface area (Å²) in [5, 5.41) is 6.52. The largest absolute Gasteiger partial charge is 0.364 e. The predicted octanol–water partition coefficient (Wildman–Crippen LogP) is 1.67. The Morgan fingerprint density at radius 2 is 2.56 bits per heavy atom. The summed E-state index contributed by atoms with van der Waals surface area (Å²) in [6, 6.07) is 6.17. The standard InChI is InChI=1S/C11H13N3OS/c12-5-8-4-9-7-15-10(6-14(9)13-8)11-2-1-3-16-11/h1-4,10H,5-7,12H2/t10-/m0/s1. The third-order valence-electron chi connectivity index (χ3n) is 2.75. The molecule has 2 aromatic heterocycles. The fourth-order valence-electron chi connectivity index (χ4n) is 1.93. The number of hydrogen-bond acceptors (Lipinski definition) is 4. The van der Waals surface area contributed by atoms with E-state index in [0.29, 0.717) is 13.2 Å². The number of aromatic nitrogens is 2. The molecule has 0 aromatic carbocycles. The molecule has 2 N–H and O–H groups in total. The predicted molar refractivity (Wildman–Crippen MR) is 62.0 cm³/mol. The highest BCUT2D eigenvalue weighted by Crippen LogP contribution is 2.29. The molecule has 0 radical (unpaired) electrons. The lowest BCUT2D eigenvalue weighted by atomic mass is 10.2. The van der Waals surface area contributed by atoms with E-state index in [0.717, 1.165) is 17.9 Å². The van der Waals surface area contributed by atoms with Crippen molar-refractivity contribution in [3.63, 3.8) is 0 Å². The number of thiophene rings is 1. The summed E-state index contributed by atoms with van der Waals surface area (Å²) >= 11 is 1.73. The van der Waals surface area contributed by atoms with Crippen LogP contribution in [-0.2, 0) is 24.4 Å². The molecule has 16 heavy (non-hydrogen) atoms. The van der Waals surface area contributed by atoms with E-state index in [4.69, 9.17) is 10.5 Å². The van der Waals surface area contributed by atoms with Crippen LogP contribution in [0.3, 0.4) is 0 Å². The van der Waals surface area contributed by atoms with Crippen LogP contribution in [0.15, 0.2) is 23.6 Å². The minimum absolute atomic E-state index is 0.137. The van der Waals surface area contributed by atoms with Crippen LogP contribution < -0.4 is 5.73 Å². The van der Waals surface area contributed by atoms with Crippen molar-refractivity contribution >= 4 is 11.3 Å². The van der Waals surface area contributed by atoms with E-state index in [-0.39, 0.29) is 6.10 Å². The van der Waals surface area contributed by atoms with Gasteiger partial charge in [-0.25, -0.2) is 0 Å². The van der Waals surface area contributed by atoms with Gasteiger partial charge in [-0.2, -0.15) is 5.10 Å². The molecular weight excluding hydrogens is 222 g/mol. The number of hydrogen-bond donors (Lipinski definition) is 1. The Labute approximate surface area is 97.6 Å². The van der Waals surface area contributed by atoms with Crippen LogP contribution in [0.2, 0.25) is 0 Å². The molecule has 4 nitrogen and oxygen atoms in total. The average Bonchev–Trinajstić information content (AvgIpc) is 2.96. The summed E-state index contributed by atoms with van der Waals surface area (Å²) in [6.45, 7) is 1.90. The number of nitrogens with zero attached hydrogens (tertiary/aromatic N) is 2. The topological polar surface area (TPSA) is 53.1 Å². The highest BCUT2D eigenvalue weighted by molar-refractivity contribution is 7.10.